The van der Waals surface area contributed by atoms with Crippen molar-refractivity contribution < 1.29 is 10.0 Å². The SMILES string of the molecule is Cc1ncc([N+](=O)[O-])n1CCSCC(C)CO. The van der Waals surface area contributed by atoms with Crippen LogP contribution < -0.4 is 0 Å². The highest BCUT2D eigenvalue weighted by molar-refractivity contribution is 7.99. The third-order valence-electron chi connectivity index (χ3n) is 2.39. The molecule has 7 heteroatoms. The summed E-state index contributed by atoms with van der Waals surface area (Å²) in [5.74, 6) is 2.60. The fourth-order valence-corrected chi connectivity index (χ4v) is 2.36. The predicted molar refractivity (Wildman–Crippen MR) is 67.2 cm³/mol. The van der Waals surface area contributed by atoms with E-state index in [1.807, 2.05) is 6.92 Å². The summed E-state index contributed by atoms with van der Waals surface area (Å²) in [6, 6.07) is 0. The Balaban J connectivity index is 2.46. The Labute approximate surface area is 104 Å². The smallest absolute Gasteiger partial charge is 0.342 e. The van der Waals surface area contributed by atoms with Crippen LogP contribution >= 0.6 is 11.8 Å². The molecule has 17 heavy (non-hydrogen) atoms. The van der Waals surface area contributed by atoms with Crippen molar-refractivity contribution in [1.82, 2.24) is 9.55 Å². The van der Waals surface area contributed by atoms with Crippen LogP contribution in [-0.2, 0) is 6.54 Å². The van der Waals surface area contributed by atoms with Gasteiger partial charge in [0.2, 0.25) is 0 Å². The quantitative estimate of drug-likeness (QED) is 0.455. The normalized spacial score (nSPS) is 12.6. The number of aryl methyl sites for hydroxylation is 1. The molecule has 0 aliphatic heterocycles. The van der Waals surface area contributed by atoms with Crippen LogP contribution in [-0.4, -0.2) is 37.7 Å². The number of nitro groups is 1. The monoisotopic (exact) mass is 259 g/mol. The molecule has 6 nitrogen and oxygen atoms in total. The second-order valence-corrected chi connectivity index (χ2v) is 5.08. The summed E-state index contributed by atoms with van der Waals surface area (Å²) in [4.78, 5) is 14.3. The molecule has 0 spiro atoms. The van der Waals surface area contributed by atoms with Gasteiger partial charge in [-0.05, 0) is 16.6 Å². The summed E-state index contributed by atoms with van der Waals surface area (Å²) < 4.78 is 1.61. The van der Waals surface area contributed by atoms with E-state index >= 15 is 0 Å². The zero-order chi connectivity index (χ0) is 12.8. The van der Waals surface area contributed by atoms with E-state index in [1.54, 1.807) is 23.3 Å². The Morgan fingerprint density at radius 1 is 1.71 bits per heavy atom. The molecule has 0 aliphatic rings. The highest BCUT2D eigenvalue weighted by atomic mass is 32.2. The van der Waals surface area contributed by atoms with Gasteiger partial charge in [0.1, 0.15) is 12.7 Å². The van der Waals surface area contributed by atoms with E-state index in [4.69, 9.17) is 5.11 Å². The Morgan fingerprint density at radius 2 is 2.41 bits per heavy atom. The molecule has 1 atom stereocenters. The van der Waals surface area contributed by atoms with Gasteiger partial charge in [0, 0.05) is 19.3 Å². The van der Waals surface area contributed by atoms with Crippen LogP contribution in [0.2, 0.25) is 0 Å². The molecule has 1 unspecified atom stereocenters. The molecule has 1 rings (SSSR count). The van der Waals surface area contributed by atoms with Gasteiger partial charge in [-0.25, -0.2) is 9.55 Å². The minimum absolute atomic E-state index is 0.0401. The van der Waals surface area contributed by atoms with Crippen LogP contribution in [0.1, 0.15) is 12.7 Å². The first-order chi connectivity index (χ1) is 8.06. The molecule has 1 heterocycles. The topological polar surface area (TPSA) is 81.2 Å². The summed E-state index contributed by atoms with van der Waals surface area (Å²) in [6.07, 6.45) is 1.29. The van der Waals surface area contributed by atoms with Gasteiger partial charge in [0.15, 0.2) is 5.82 Å². The maximum Gasteiger partial charge on any atom is 0.342 e. The van der Waals surface area contributed by atoms with E-state index in [-0.39, 0.29) is 18.3 Å². The highest BCUT2D eigenvalue weighted by Crippen LogP contribution is 2.15. The maximum absolute atomic E-state index is 10.7. The summed E-state index contributed by atoms with van der Waals surface area (Å²) in [5, 5.41) is 19.6. The van der Waals surface area contributed by atoms with Crippen molar-refractivity contribution in [2.24, 2.45) is 5.92 Å². The Hall–Kier alpha value is -1.08. The molecule has 0 aliphatic carbocycles. The molecule has 1 aromatic rings. The van der Waals surface area contributed by atoms with Crippen molar-refractivity contribution in [2.45, 2.75) is 20.4 Å². The number of rotatable bonds is 7. The molecule has 0 radical (unpaired) electrons. The zero-order valence-corrected chi connectivity index (χ0v) is 10.8. The first-order valence-electron chi connectivity index (χ1n) is 5.41. The lowest BCUT2D eigenvalue weighted by Crippen LogP contribution is -2.09. The standard InChI is InChI=1S/C10H17N3O3S/c1-8(6-14)7-17-4-3-12-9(2)11-5-10(12)13(15)16/h5,8,14H,3-4,6-7H2,1-2H3. The van der Waals surface area contributed by atoms with Gasteiger partial charge in [-0.1, -0.05) is 6.92 Å². The summed E-state index contributed by atoms with van der Waals surface area (Å²) in [5.41, 5.74) is 0. The van der Waals surface area contributed by atoms with E-state index in [2.05, 4.69) is 4.98 Å². The van der Waals surface area contributed by atoms with Crippen molar-refractivity contribution in [3.63, 3.8) is 0 Å². The minimum Gasteiger partial charge on any atom is -0.396 e. The van der Waals surface area contributed by atoms with Gasteiger partial charge >= 0.3 is 5.82 Å². The minimum atomic E-state index is -0.416. The number of aliphatic hydroxyl groups excluding tert-OH is 1. The Bertz CT molecular complexity index is 381. The van der Waals surface area contributed by atoms with Gasteiger partial charge in [-0.3, -0.25) is 0 Å². The number of thioether (sulfide) groups is 1. The average molecular weight is 259 g/mol. The molecule has 0 bridgehead atoms. The molecule has 0 saturated heterocycles. The van der Waals surface area contributed by atoms with Gasteiger partial charge in [0.25, 0.3) is 0 Å². The second-order valence-electron chi connectivity index (χ2n) is 3.94. The predicted octanol–water partition coefficient (Wildman–Crippen LogP) is 1.46. The van der Waals surface area contributed by atoms with E-state index < -0.39 is 4.92 Å². The summed E-state index contributed by atoms with van der Waals surface area (Å²) >= 11 is 1.68. The largest absolute Gasteiger partial charge is 0.396 e. The molecule has 0 saturated carbocycles. The highest BCUT2D eigenvalue weighted by Gasteiger charge is 2.16. The fourth-order valence-electron chi connectivity index (χ4n) is 1.37. The van der Waals surface area contributed by atoms with E-state index in [9.17, 15) is 10.1 Å². The van der Waals surface area contributed by atoms with Crippen LogP contribution in [0.5, 0.6) is 0 Å². The van der Waals surface area contributed by atoms with E-state index in [0.717, 1.165) is 11.5 Å². The molecule has 0 fully saturated rings. The molecular weight excluding hydrogens is 242 g/mol. The molecule has 0 aromatic carbocycles. The van der Waals surface area contributed by atoms with E-state index in [1.165, 1.54) is 6.20 Å². The number of nitrogens with zero attached hydrogens (tertiary/aromatic N) is 3. The Morgan fingerprint density at radius 3 is 3.00 bits per heavy atom. The number of imidazole rings is 1. The number of aromatic nitrogens is 2. The van der Waals surface area contributed by atoms with Gasteiger partial charge in [0.05, 0.1) is 0 Å². The average Bonchev–Trinajstić information content (AvgIpc) is 2.66. The molecule has 1 N–H and O–H groups in total. The Kier molecular flexibility index (Phi) is 5.43. The molecule has 1 aromatic heterocycles. The lowest BCUT2D eigenvalue weighted by atomic mass is 10.2. The van der Waals surface area contributed by atoms with Crippen LogP contribution in [0.4, 0.5) is 5.82 Å². The van der Waals surface area contributed by atoms with Gasteiger partial charge in [-0.15, -0.1) is 0 Å². The van der Waals surface area contributed by atoms with E-state index in [0.29, 0.717) is 12.4 Å². The lowest BCUT2D eigenvalue weighted by Gasteiger charge is -2.07. The first kappa shape index (κ1) is 14.0. The first-order valence-corrected chi connectivity index (χ1v) is 6.56. The van der Waals surface area contributed by atoms with Crippen molar-refractivity contribution in [3.05, 3.63) is 22.1 Å². The lowest BCUT2D eigenvalue weighted by molar-refractivity contribution is -0.392. The number of hydrogen-bond donors (Lipinski definition) is 1. The van der Waals surface area contributed by atoms with Crippen molar-refractivity contribution >= 4 is 17.6 Å². The van der Waals surface area contributed by atoms with Crippen LogP contribution in [0.25, 0.3) is 0 Å². The van der Waals surface area contributed by atoms with Crippen LogP contribution in [0.3, 0.4) is 0 Å². The van der Waals surface area contributed by atoms with Gasteiger partial charge < -0.3 is 15.2 Å². The summed E-state index contributed by atoms with van der Waals surface area (Å²) in [6.45, 7) is 4.48. The van der Waals surface area contributed by atoms with Crippen molar-refractivity contribution in [1.29, 1.82) is 0 Å². The summed E-state index contributed by atoms with van der Waals surface area (Å²) in [7, 11) is 0. The molecule has 0 amide bonds. The molecule has 96 valence electrons. The maximum atomic E-state index is 10.7. The van der Waals surface area contributed by atoms with Crippen molar-refractivity contribution in [3.8, 4) is 0 Å². The van der Waals surface area contributed by atoms with Gasteiger partial charge in [-0.2, -0.15) is 11.8 Å². The van der Waals surface area contributed by atoms with Crippen molar-refractivity contribution in [2.75, 3.05) is 18.1 Å². The zero-order valence-electron chi connectivity index (χ0n) is 10.00. The third kappa shape index (κ3) is 4.01. The number of aliphatic hydroxyl groups is 1. The second kappa shape index (κ2) is 6.61. The molecular formula is C10H17N3O3S. The number of hydrogen-bond acceptors (Lipinski definition) is 5. The fraction of sp³-hybridized carbons (Fsp3) is 0.700. The van der Waals surface area contributed by atoms with Crippen LogP contribution in [0.15, 0.2) is 6.20 Å². The van der Waals surface area contributed by atoms with Crippen LogP contribution in [0, 0.1) is 23.0 Å². The third-order valence-corrected chi connectivity index (χ3v) is 3.67.